The van der Waals surface area contributed by atoms with Crippen LogP contribution in [0.1, 0.15) is 18.6 Å². The number of amides is 1. The number of furan rings is 1. The molecule has 134 valence electrons. The maximum Gasteiger partial charge on any atom is 0.243 e. The van der Waals surface area contributed by atoms with Crippen molar-refractivity contribution in [3.05, 3.63) is 54.0 Å². The first kappa shape index (κ1) is 17.6. The Bertz CT molecular complexity index is 868. The number of hydrogen-bond donors (Lipinski definition) is 1. The lowest BCUT2D eigenvalue weighted by Crippen LogP contribution is -2.45. The Labute approximate surface area is 143 Å². The van der Waals surface area contributed by atoms with Gasteiger partial charge in [-0.1, -0.05) is 0 Å². The van der Waals surface area contributed by atoms with Crippen LogP contribution in [0, 0.1) is 11.6 Å². The first-order valence-corrected chi connectivity index (χ1v) is 9.10. The Morgan fingerprint density at radius 3 is 2.76 bits per heavy atom. The van der Waals surface area contributed by atoms with Crippen LogP contribution < -0.4 is 5.32 Å². The van der Waals surface area contributed by atoms with Gasteiger partial charge in [0.15, 0.2) is 11.6 Å². The van der Waals surface area contributed by atoms with Crippen LogP contribution in [0.2, 0.25) is 0 Å². The molecule has 1 fully saturated rings. The molecular weight excluding hydrogens is 354 g/mol. The number of nitrogens with zero attached hydrogens (tertiary/aromatic N) is 1. The molecule has 1 unspecified atom stereocenters. The molecule has 1 atom stereocenters. The van der Waals surface area contributed by atoms with E-state index in [1.54, 1.807) is 12.1 Å². The molecule has 1 saturated heterocycles. The van der Waals surface area contributed by atoms with E-state index in [1.807, 2.05) is 0 Å². The molecule has 0 bridgehead atoms. The molecule has 0 spiro atoms. The molecule has 1 aromatic carbocycles. The molecule has 0 radical (unpaired) electrons. The summed E-state index contributed by atoms with van der Waals surface area (Å²) in [4.78, 5) is 12.0. The van der Waals surface area contributed by atoms with Crippen LogP contribution in [0.5, 0.6) is 0 Å². The number of carbonyl (C=O) groups is 1. The minimum Gasteiger partial charge on any atom is -0.467 e. The first-order valence-electron chi connectivity index (χ1n) is 7.66. The zero-order valence-corrected chi connectivity index (χ0v) is 13.9. The van der Waals surface area contributed by atoms with Gasteiger partial charge in [0.25, 0.3) is 0 Å². The highest BCUT2D eigenvalue weighted by Gasteiger charge is 2.39. The van der Waals surface area contributed by atoms with E-state index in [1.165, 1.54) is 6.26 Å². The van der Waals surface area contributed by atoms with E-state index in [0.717, 1.165) is 16.4 Å². The van der Waals surface area contributed by atoms with Gasteiger partial charge in [-0.15, -0.1) is 0 Å². The van der Waals surface area contributed by atoms with Crippen LogP contribution in [0.4, 0.5) is 8.78 Å². The van der Waals surface area contributed by atoms with Gasteiger partial charge in [-0.3, -0.25) is 4.79 Å². The number of carbonyl (C=O) groups excluding carboxylic acids is 1. The van der Waals surface area contributed by atoms with Crippen LogP contribution >= 0.6 is 0 Å². The number of sulfonamides is 1. The molecule has 1 N–H and O–H groups in total. The van der Waals surface area contributed by atoms with E-state index < -0.39 is 33.6 Å². The third-order valence-corrected chi connectivity index (χ3v) is 5.93. The second-order valence-corrected chi connectivity index (χ2v) is 7.54. The van der Waals surface area contributed by atoms with E-state index in [4.69, 9.17) is 4.42 Å². The Balaban J connectivity index is 1.77. The molecule has 9 heteroatoms. The molecular formula is C16H16F2N2O4S. The lowest BCUT2D eigenvalue weighted by Gasteiger charge is -2.23. The predicted octanol–water partition coefficient (Wildman–Crippen LogP) is 2.03. The SMILES string of the molecule is O=C(NCc1ccco1)C1CCCN1S(=O)(=O)c1ccc(F)c(F)c1. The summed E-state index contributed by atoms with van der Waals surface area (Å²) in [6.45, 7) is 0.279. The van der Waals surface area contributed by atoms with Crippen molar-refractivity contribution in [2.45, 2.75) is 30.3 Å². The summed E-state index contributed by atoms with van der Waals surface area (Å²) in [7, 11) is -4.10. The second kappa shape index (κ2) is 6.93. The van der Waals surface area contributed by atoms with Gasteiger partial charge in [0, 0.05) is 6.54 Å². The lowest BCUT2D eigenvalue weighted by molar-refractivity contribution is -0.124. The molecule has 1 aliphatic heterocycles. The minimum atomic E-state index is -4.10. The molecule has 0 aliphatic carbocycles. The van der Waals surface area contributed by atoms with Crippen molar-refractivity contribution in [1.82, 2.24) is 9.62 Å². The summed E-state index contributed by atoms with van der Waals surface area (Å²) in [5, 5.41) is 2.63. The fourth-order valence-corrected chi connectivity index (χ4v) is 4.44. The van der Waals surface area contributed by atoms with Crippen LogP contribution in [-0.2, 0) is 21.4 Å². The largest absolute Gasteiger partial charge is 0.467 e. The second-order valence-electron chi connectivity index (χ2n) is 5.65. The number of halogens is 2. The number of benzene rings is 1. The molecule has 6 nitrogen and oxygen atoms in total. The Kier molecular flexibility index (Phi) is 4.87. The number of hydrogen-bond acceptors (Lipinski definition) is 4. The van der Waals surface area contributed by atoms with Crippen molar-refractivity contribution in [3.63, 3.8) is 0 Å². The van der Waals surface area contributed by atoms with Gasteiger partial charge in [-0.2, -0.15) is 4.31 Å². The number of nitrogens with one attached hydrogen (secondary N) is 1. The quantitative estimate of drug-likeness (QED) is 0.873. The Morgan fingerprint density at radius 2 is 2.08 bits per heavy atom. The zero-order valence-electron chi connectivity index (χ0n) is 13.1. The smallest absolute Gasteiger partial charge is 0.243 e. The maximum absolute atomic E-state index is 13.4. The van der Waals surface area contributed by atoms with E-state index in [-0.39, 0.29) is 18.0 Å². The molecule has 1 amide bonds. The van der Waals surface area contributed by atoms with E-state index >= 15 is 0 Å². The zero-order chi connectivity index (χ0) is 18.0. The summed E-state index contributed by atoms with van der Waals surface area (Å²) in [6.07, 6.45) is 2.32. The fourth-order valence-electron chi connectivity index (χ4n) is 2.77. The van der Waals surface area contributed by atoms with Gasteiger partial charge in [-0.05, 0) is 43.2 Å². The van der Waals surface area contributed by atoms with Crippen molar-refractivity contribution >= 4 is 15.9 Å². The standard InChI is InChI=1S/C16H16F2N2O4S/c17-13-6-5-12(9-14(13)18)25(22,23)20-7-1-4-15(20)16(21)19-10-11-3-2-8-24-11/h2-3,5-6,8-9,15H,1,4,7,10H2,(H,19,21). The van der Waals surface area contributed by atoms with Crippen molar-refractivity contribution in [1.29, 1.82) is 0 Å². The van der Waals surface area contributed by atoms with Crippen LogP contribution in [-0.4, -0.2) is 31.2 Å². The minimum absolute atomic E-state index is 0.139. The van der Waals surface area contributed by atoms with E-state index in [2.05, 4.69) is 5.32 Å². The highest BCUT2D eigenvalue weighted by Crippen LogP contribution is 2.27. The summed E-state index contributed by atoms with van der Waals surface area (Å²) in [5.74, 6) is -2.30. The summed E-state index contributed by atoms with van der Waals surface area (Å²) in [5.41, 5.74) is 0. The average Bonchev–Trinajstić information content (AvgIpc) is 3.26. The van der Waals surface area contributed by atoms with Crippen LogP contribution in [0.3, 0.4) is 0 Å². The van der Waals surface area contributed by atoms with Crippen molar-refractivity contribution in [2.75, 3.05) is 6.54 Å². The van der Waals surface area contributed by atoms with Gasteiger partial charge in [0.1, 0.15) is 11.8 Å². The third-order valence-electron chi connectivity index (χ3n) is 4.02. The van der Waals surface area contributed by atoms with Crippen LogP contribution in [0.25, 0.3) is 0 Å². The monoisotopic (exact) mass is 370 g/mol. The molecule has 0 saturated carbocycles. The molecule has 1 aliphatic rings. The molecule has 3 rings (SSSR count). The van der Waals surface area contributed by atoms with E-state index in [9.17, 15) is 22.0 Å². The van der Waals surface area contributed by atoms with Crippen LogP contribution in [0.15, 0.2) is 45.9 Å². The maximum atomic E-state index is 13.4. The van der Waals surface area contributed by atoms with E-state index in [0.29, 0.717) is 24.7 Å². The first-order chi connectivity index (χ1) is 11.9. The van der Waals surface area contributed by atoms with Gasteiger partial charge < -0.3 is 9.73 Å². The van der Waals surface area contributed by atoms with Gasteiger partial charge in [-0.25, -0.2) is 17.2 Å². The normalized spacial score (nSPS) is 18.4. The Morgan fingerprint density at radius 1 is 1.28 bits per heavy atom. The molecule has 25 heavy (non-hydrogen) atoms. The van der Waals surface area contributed by atoms with Gasteiger partial charge in [0.05, 0.1) is 17.7 Å². The fraction of sp³-hybridized carbons (Fsp3) is 0.312. The molecule has 2 heterocycles. The van der Waals surface area contributed by atoms with Gasteiger partial charge >= 0.3 is 0 Å². The van der Waals surface area contributed by atoms with Crippen molar-refractivity contribution in [2.24, 2.45) is 0 Å². The third kappa shape index (κ3) is 3.57. The summed E-state index contributed by atoms with van der Waals surface area (Å²) >= 11 is 0. The average molecular weight is 370 g/mol. The predicted molar refractivity (Wildman–Crippen MR) is 83.8 cm³/mol. The number of rotatable bonds is 5. The lowest BCUT2D eigenvalue weighted by atomic mass is 10.2. The molecule has 2 aromatic rings. The van der Waals surface area contributed by atoms with Crippen molar-refractivity contribution in [3.8, 4) is 0 Å². The van der Waals surface area contributed by atoms with Crippen molar-refractivity contribution < 1.29 is 26.4 Å². The van der Waals surface area contributed by atoms with Gasteiger partial charge in [0.2, 0.25) is 15.9 Å². The summed E-state index contributed by atoms with van der Waals surface area (Å²) < 4.78 is 57.9. The summed E-state index contributed by atoms with van der Waals surface area (Å²) in [6, 6.07) is 4.84. The topological polar surface area (TPSA) is 79.6 Å². The highest BCUT2D eigenvalue weighted by atomic mass is 32.2. The molecule has 1 aromatic heterocycles. The Hall–Kier alpha value is -2.26. The highest BCUT2D eigenvalue weighted by molar-refractivity contribution is 7.89.